The molecule has 0 saturated carbocycles. The standard InChI is InChI=1S/C24H24ClN/c1-15-7-6-8-16(2)23(15)26-21-13-17(24(3,4)5)9-11-19(21)20-12-10-18(25)14-22(20)26/h6-14H,1-5H3. The summed E-state index contributed by atoms with van der Waals surface area (Å²) in [6.45, 7) is 11.1. The van der Waals surface area contributed by atoms with Crippen LogP contribution < -0.4 is 0 Å². The number of hydrogen-bond acceptors (Lipinski definition) is 0. The highest BCUT2D eigenvalue weighted by molar-refractivity contribution is 6.31. The van der Waals surface area contributed by atoms with Crippen LogP contribution in [0.5, 0.6) is 0 Å². The molecule has 4 aromatic rings. The minimum absolute atomic E-state index is 0.105. The maximum atomic E-state index is 6.38. The van der Waals surface area contributed by atoms with Crippen LogP contribution in [0.3, 0.4) is 0 Å². The molecule has 2 heteroatoms. The monoisotopic (exact) mass is 361 g/mol. The molecule has 0 unspecified atom stereocenters. The summed E-state index contributed by atoms with van der Waals surface area (Å²) in [5, 5.41) is 3.28. The fourth-order valence-electron chi connectivity index (χ4n) is 3.86. The Labute approximate surface area is 160 Å². The Kier molecular flexibility index (Phi) is 3.89. The molecule has 3 aromatic carbocycles. The van der Waals surface area contributed by atoms with Crippen LogP contribution in [0.2, 0.25) is 5.02 Å². The van der Waals surface area contributed by atoms with E-state index in [1.54, 1.807) is 0 Å². The molecule has 0 fully saturated rings. The van der Waals surface area contributed by atoms with Crippen LogP contribution in [-0.4, -0.2) is 4.57 Å². The van der Waals surface area contributed by atoms with Gasteiger partial charge in [-0.2, -0.15) is 0 Å². The topological polar surface area (TPSA) is 4.93 Å². The predicted molar refractivity (Wildman–Crippen MR) is 114 cm³/mol. The van der Waals surface area contributed by atoms with Crippen molar-refractivity contribution in [3.8, 4) is 5.69 Å². The van der Waals surface area contributed by atoms with Gasteiger partial charge in [-0.3, -0.25) is 0 Å². The molecule has 26 heavy (non-hydrogen) atoms. The zero-order chi connectivity index (χ0) is 18.6. The molecule has 0 aliphatic rings. The van der Waals surface area contributed by atoms with Crippen LogP contribution in [0, 0.1) is 13.8 Å². The molecule has 0 N–H and O–H groups in total. The smallest absolute Gasteiger partial charge is 0.0556 e. The minimum atomic E-state index is 0.105. The summed E-state index contributed by atoms with van der Waals surface area (Å²) in [5.74, 6) is 0. The fourth-order valence-corrected chi connectivity index (χ4v) is 4.02. The average molecular weight is 362 g/mol. The van der Waals surface area contributed by atoms with Crippen LogP contribution in [0.4, 0.5) is 0 Å². The molecule has 1 nitrogen and oxygen atoms in total. The van der Waals surface area contributed by atoms with E-state index in [2.05, 4.69) is 87.7 Å². The molecule has 0 saturated heterocycles. The minimum Gasteiger partial charge on any atom is -0.309 e. The molecule has 0 atom stereocenters. The Morgan fingerprint density at radius 3 is 1.96 bits per heavy atom. The third kappa shape index (κ3) is 2.62. The first-order valence-corrected chi connectivity index (χ1v) is 9.46. The SMILES string of the molecule is Cc1cccc(C)c1-n1c2cc(Cl)ccc2c2ccc(C(C)(C)C)cc21. The van der Waals surface area contributed by atoms with E-state index in [-0.39, 0.29) is 5.41 Å². The van der Waals surface area contributed by atoms with Gasteiger partial charge < -0.3 is 4.57 Å². The zero-order valence-corrected chi connectivity index (χ0v) is 16.8. The molecule has 4 rings (SSSR count). The summed E-state index contributed by atoms with van der Waals surface area (Å²) in [7, 11) is 0. The lowest BCUT2D eigenvalue weighted by atomic mass is 9.86. The molecule has 0 bridgehead atoms. The summed E-state index contributed by atoms with van der Waals surface area (Å²) in [5.41, 5.74) is 7.64. The molecule has 0 spiro atoms. The van der Waals surface area contributed by atoms with Crippen LogP contribution in [0.1, 0.15) is 37.5 Å². The van der Waals surface area contributed by atoms with Crippen molar-refractivity contribution in [1.82, 2.24) is 4.57 Å². The number of aryl methyl sites for hydroxylation is 2. The first-order chi connectivity index (χ1) is 12.3. The van der Waals surface area contributed by atoms with E-state index < -0.39 is 0 Å². The van der Waals surface area contributed by atoms with E-state index in [9.17, 15) is 0 Å². The van der Waals surface area contributed by atoms with Crippen LogP contribution >= 0.6 is 11.6 Å². The lowest BCUT2D eigenvalue weighted by Crippen LogP contribution is -2.11. The molecule has 0 radical (unpaired) electrons. The van der Waals surface area contributed by atoms with E-state index in [0.29, 0.717) is 0 Å². The number of aromatic nitrogens is 1. The Morgan fingerprint density at radius 1 is 0.769 bits per heavy atom. The van der Waals surface area contributed by atoms with Crippen molar-refractivity contribution in [3.63, 3.8) is 0 Å². The number of benzene rings is 3. The van der Waals surface area contributed by atoms with Gasteiger partial charge in [0, 0.05) is 15.8 Å². The highest BCUT2D eigenvalue weighted by Crippen LogP contribution is 2.37. The maximum absolute atomic E-state index is 6.38. The van der Waals surface area contributed by atoms with Crippen molar-refractivity contribution >= 4 is 33.4 Å². The Balaban J connectivity index is 2.22. The summed E-state index contributed by atoms with van der Waals surface area (Å²) in [6, 6.07) is 19.5. The Bertz CT molecular complexity index is 1120. The van der Waals surface area contributed by atoms with Gasteiger partial charge in [0.2, 0.25) is 0 Å². The van der Waals surface area contributed by atoms with Gasteiger partial charge in [-0.1, -0.05) is 68.8 Å². The molecule has 0 aliphatic carbocycles. The third-order valence-corrected chi connectivity index (χ3v) is 5.49. The van der Waals surface area contributed by atoms with E-state index >= 15 is 0 Å². The quantitative estimate of drug-likeness (QED) is 0.334. The average Bonchev–Trinajstić information content (AvgIpc) is 2.87. The summed E-state index contributed by atoms with van der Waals surface area (Å²) in [4.78, 5) is 0. The second kappa shape index (κ2) is 5.89. The van der Waals surface area contributed by atoms with E-state index in [1.165, 1.54) is 38.7 Å². The molecular weight excluding hydrogens is 338 g/mol. The first kappa shape index (κ1) is 17.2. The van der Waals surface area contributed by atoms with E-state index in [0.717, 1.165) is 10.5 Å². The highest BCUT2D eigenvalue weighted by Gasteiger charge is 2.19. The van der Waals surface area contributed by atoms with Gasteiger partial charge in [-0.25, -0.2) is 0 Å². The number of halogens is 1. The van der Waals surface area contributed by atoms with Gasteiger partial charge in [-0.05, 0) is 54.2 Å². The van der Waals surface area contributed by atoms with Crippen LogP contribution in [0.25, 0.3) is 27.5 Å². The van der Waals surface area contributed by atoms with E-state index in [4.69, 9.17) is 11.6 Å². The normalized spacial score (nSPS) is 12.2. The fraction of sp³-hybridized carbons (Fsp3) is 0.250. The van der Waals surface area contributed by atoms with Crippen molar-refractivity contribution in [3.05, 3.63) is 76.3 Å². The number of rotatable bonds is 1. The van der Waals surface area contributed by atoms with Gasteiger partial charge in [0.1, 0.15) is 0 Å². The summed E-state index contributed by atoms with van der Waals surface area (Å²) in [6.07, 6.45) is 0. The van der Waals surface area contributed by atoms with Crippen molar-refractivity contribution in [2.24, 2.45) is 0 Å². The zero-order valence-electron chi connectivity index (χ0n) is 16.0. The van der Waals surface area contributed by atoms with Gasteiger partial charge >= 0.3 is 0 Å². The van der Waals surface area contributed by atoms with Gasteiger partial charge in [0.15, 0.2) is 0 Å². The first-order valence-electron chi connectivity index (χ1n) is 9.08. The van der Waals surface area contributed by atoms with Crippen molar-refractivity contribution < 1.29 is 0 Å². The second-order valence-corrected chi connectivity index (χ2v) is 8.66. The molecule has 0 aliphatic heterocycles. The van der Waals surface area contributed by atoms with Crippen molar-refractivity contribution in [1.29, 1.82) is 0 Å². The number of hydrogen-bond donors (Lipinski definition) is 0. The lowest BCUT2D eigenvalue weighted by molar-refractivity contribution is 0.591. The number of nitrogens with zero attached hydrogens (tertiary/aromatic N) is 1. The van der Waals surface area contributed by atoms with Crippen molar-refractivity contribution in [2.45, 2.75) is 40.0 Å². The van der Waals surface area contributed by atoms with Crippen molar-refractivity contribution in [2.75, 3.05) is 0 Å². The highest BCUT2D eigenvalue weighted by atomic mass is 35.5. The number of para-hydroxylation sites is 1. The lowest BCUT2D eigenvalue weighted by Gasteiger charge is -2.20. The summed E-state index contributed by atoms with van der Waals surface area (Å²) >= 11 is 6.38. The predicted octanol–water partition coefficient (Wildman–Crippen LogP) is 7.35. The third-order valence-electron chi connectivity index (χ3n) is 5.26. The van der Waals surface area contributed by atoms with Gasteiger partial charge in [0.25, 0.3) is 0 Å². The van der Waals surface area contributed by atoms with Gasteiger partial charge in [0.05, 0.1) is 16.7 Å². The van der Waals surface area contributed by atoms with Crippen LogP contribution in [0.15, 0.2) is 54.6 Å². The number of fused-ring (bicyclic) bond motifs is 3. The summed E-state index contributed by atoms with van der Waals surface area (Å²) < 4.78 is 2.39. The van der Waals surface area contributed by atoms with E-state index in [1.807, 2.05) is 6.07 Å². The molecule has 1 heterocycles. The maximum Gasteiger partial charge on any atom is 0.0556 e. The second-order valence-electron chi connectivity index (χ2n) is 8.22. The largest absolute Gasteiger partial charge is 0.309 e. The Hall–Kier alpha value is -2.25. The Morgan fingerprint density at radius 2 is 1.35 bits per heavy atom. The molecule has 1 aromatic heterocycles. The van der Waals surface area contributed by atoms with Gasteiger partial charge in [-0.15, -0.1) is 0 Å². The van der Waals surface area contributed by atoms with Crippen LogP contribution in [-0.2, 0) is 5.41 Å². The molecule has 0 amide bonds. The molecular formula is C24H24ClN. The molecule has 132 valence electrons.